The summed E-state index contributed by atoms with van der Waals surface area (Å²) in [6.45, 7) is 4.62. The molecule has 1 aliphatic rings. The van der Waals surface area contributed by atoms with Gasteiger partial charge in [-0.05, 0) is 169 Å². The molecule has 11 heterocycles. The predicted molar refractivity (Wildman–Crippen MR) is 614 cm³/mol. The minimum Gasteiger partial charge on any atom is -0.456 e. The van der Waals surface area contributed by atoms with Crippen molar-refractivity contribution in [2.24, 2.45) is 0 Å². The number of nitrogens with zero attached hydrogens (tertiary/aromatic N) is 9. The van der Waals surface area contributed by atoms with Crippen molar-refractivity contribution in [1.82, 2.24) is 43.6 Å². The van der Waals surface area contributed by atoms with Gasteiger partial charge < -0.3 is 17.7 Å². The number of para-hydroxylation sites is 8. The first-order valence-electron chi connectivity index (χ1n) is 50.3. The lowest BCUT2D eigenvalue weighted by Gasteiger charge is -2.24. The number of rotatable bonds is 9. The van der Waals surface area contributed by atoms with Gasteiger partial charge in [-0.15, -0.1) is 11.3 Å². The highest BCUT2D eigenvalue weighted by molar-refractivity contribution is 7.26. The van der Waals surface area contributed by atoms with Gasteiger partial charge in [0.25, 0.3) is 0 Å². The zero-order valence-electron chi connectivity index (χ0n) is 80.4. The maximum atomic E-state index is 6.61. The summed E-state index contributed by atoms with van der Waals surface area (Å²) >= 11 is 1.75. The summed E-state index contributed by atoms with van der Waals surface area (Å²) in [5.41, 5.74) is 31.5. The Kier molecular flexibility index (Phi) is 18.5. The molecule has 0 saturated heterocycles. The van der Waals surface area contributed by atoms with Crippen molar-refractivity contribution in [1.29, 1.82) is 0 Å². The first-order chi connectivity index (χ1) is 73.6. The van der Waals surface area contributed by atoms with Crippen LogP contribution in [0.5, 0.6) is 0 Å². The van der Waals surface area contributed by atoms with E-state index in [4.69, 9.17) is 47.6 Å². The maximum absolute atomic E-state index is 6.61. The average Bonchev–Trinajstić information content (AvgIpc) is 1.55. The number of furan rings is 4. The van der Waals surface area contributed by atoms with Crippen molar-refractivity contribution in [2.75, 3.05) is 0 Å². The van der Waals surface area contributed by atoms with Gasteiger partial charge in [-0.1, -0.05) is 360 Å². The molecule has 0 spiro atoms. The monoisotopic (exact) mass is 1920 g/mol. The minimum absolute atomic E-state index is 0.342. The van der Waals surface area contributed by atoms with Crippen LogP contribution in [0, 0.1) is 0 Å². The van der Waals surface area contributed by atoms with Crippen LogP contribution in [-0.2, 0) is 5.41 Å². The van der Waals surface area contributed by atoms with Crippen LogP contribution in [0.2, 0.25) is 0 Å². The molecule has 0 saturated carbocycles. The molecule has 696 valence electrons. The zero-order chi connectivity index (χ0) is 98.0. The summed E-state index contributed by atoms with van der Waals surface area (Å²) in [7, 11) is 0. The van der Waals surface area contributed by atoms with Crippen molar-refractivity contribution in [3.63, 3.8) is 0 Å². The standard InChI is InChI=1S/C47H31N3O.C44H25N3O2.C44H25N3OS/c1-47(2)38-25-31(32-20-22-35-34-17-9-11-19-41(34)51-42(35)27-32)21-23-36(38)45-43(47)44(28-12-4-3-5-13-28)48-46(49-45)50-39-18-10-8-16-33(39)37-24-29-14-6-7-15-30(29)26-40(37)50;1-2-11-26(12-3-1)40-43-41(35-24-29(21-22-39(35)49-43)30-17-10-18-33-32-16-7-9-20-38(32)48-42(30)33)46-44(45-40)47-36-19-8-6-15-31(36)34-23-27-13-4-5-14-28(27)25-37(34)47;1-2-11-26(12-3-1)40-43-41(34-22-21-29(25-39(34)49-43)30-17-10-18-33-32-16-7-9-20-38(32)48-42(30)33)46-44(45-40)47-36-19-8-6-15-31(36)35-23-27-13-4-5-14-28(27)24-37(35)47/h3-27H,1-2H3;2*1-25H. The Bertz CT molecular complexity index is 11200. The lowest BCUT2D eigenvalue weighted by molar-refractivity contribution is 0.657. The Labute approximate surface area is 854 Å². The fourth-order valence-electron chi connectivity index (χ4n) is 23.6. The molecule has 1 aliphatic carbocycles. The second-order valence-electron chi connectivity index (χ2n) is 39.4. The first-order valence-corrected chi connectivity index (χ1v) is 51.1. The lowest BCUT2D eigenvalue weighted by atomic mass is 9.80. The number of aromatic nitrogens is 9. The molecule has 33 rings (SSSR count). The highest BCUT2D eigenvalue weighted by Crippen LogP contribution is 2.55. The summed E-state index contributed by atoms with van der Waals surface area (Å²) in [6, 6.07) is 160. The molecule has 0 amide bonds. The van der Waals surface area contributed by atoms with Gasteiger partial charge in [-0.25, -0.2) is 29.9 Å². The van der Waals surface area contributed by atoms with Crippen LogP contribution in [-0.4, -0.2) is 43.6 Å². The highest BCUT2D eigenvalue weighted by Gasteiger charge is 2.41. The van der Waals surface area contributed by atoms with Crippen molar-refractivity contribution in [3.8, 4) is 96.3 Å². The molecular formula is C135H81N9O4S. The smallest absolute Gasteiger partial charge is 0.236 e. The third kappa shape index (κ3) is 13.1. The summed E-state index contributed by atoms with van der Waals surface area (Å²) in [5.74, 6) is 1.95. The van der Waals surface area contributed by atoms with Gasteiger partial charge in [0, 0.05) is 124 Å². The van der Waals surface area contributed by atoms with Crippen LogP contribution in [0.3, 0.4) is 0 Å². The molecule has 0 fully saturated rings. The van der Waals surface area contributed by atoms with Crippen LogP contribution in [0.1, 0.15) is 25.0 Å². The fourth-order valence-corrected chi connectivity index (χ4v) is 24.8. The molecule has 149 heavy (non-hydrogen) atoms. The normalized spacial score (nSPS) is 12.6. The van der Waals surface area contributed by atoms with Gasteiger partial charge in [0.2, 0.25) is 17.8 Å². The highest BCUT2D eigenvalue weighted by atomic mass is 32.1. The van der Waals surface area contributed by atoms with E-state index in [9.17, 15) is 0 Å². The summed E-state index contributed by atoms with van der Waals surface area (Å²) in [4.78, 5) is 32.4. The largest absolute Gasteiger partial charge is 0.456 e. The maximum Gasteiger partial charge on any atom is 0.236 e. The molecule has 0 radical (unpaired) electrons. The quantitative estimate of drug-likeness (QED) is 0.137. The van der Waals surface area contributed by atoms with Crippen LogP contribution in [0.15, 0.2) is 473 Å². The molecule has 0 N–H and O–H groups in total. The van der Waals surface area contributed by atoms with E-state index in [1.54, 1.807) is 11.3 Å². The fraction of sp³-hybridized carbons (Fsp3) is 0.0222. The third-order valence-electron chi connectivity index (χ3n) is 30.6. The molecule has 14 heteroatoms. The third-order valence-corrected chi connectivity index (χ3v) is 31.7. The van der Waals surface area contributed by atoms with Crippen LogP contribution in [0.25, 0.3) is 302 Å². The summed E-state index contributed by atoms with van der Waals surface area (Å²) < 4.78 is 34.7. The molecule has 0 atom stereocenters. The number of hydrogen-bond donors (Lipinski definition) is 0. The van der Waals surface area contributed by atoms with Gasteiger partial charge in [0.05, 0.1) is 60.4 Å². The van der Waals surface area contributed by atoms with Gasteiger partial charge in [-0.3, -0.25) is 13.7 Å². The van der Waals surface area contributed by atoms with Gasteiger partial charge >= 0.3 is 0 Å². The Morgan fingerprint density at radius 1 is 0.208 bits per heavy atom. The zero-order valence-corrected chi connectivity index (χ0v) is 81.2. The van der Waals surface area contributed by atoms with Gasteiger partial charge in [-0.2, -0.15) is 0 Å². The Morgan fingerprint density at radius 3 is 1.11 bits per heavy atom. The van der Waals surface area contributed by atoms with Gasteiger partial charge in [0.15, 0.2) is 5.58 Å². The second-order valence-corrected chi connectivity index (χ2v) is 40.4. The van der Waals surface area contributed by atoms with E-state index in [0.717, 1.165) is 230 Å². The lowest BCUT2D eigenvalue weighted by Crippen LogP contribution is -2.18. The Morgan fingerprint density at radius 2 is 0.577 bits per heavy atom. The van der Waals surface area contributed by atoms with Crippen LogP contribution >= 0.6 is 11.3 Å². The summed E-state index contributed by atoms with van der Waals surface area (Å²) in [5, 5.41) is 23.1. The predicted octanol–water partition coefficient (Wildman–Crippen LogP) is 36.5. The van der Waals surface area contributed by atoms with E-state index < -0.39 is 0 Å². The van der Waals surface area contributed by atoms with Crippen molar-refractivity contribution in [3.05, 3.63) is 466 Å². The van der Waals surface area contributed by atoms with Crippen molar-refractivity contribution >= 4 is 217 Å². The van der Waals surface area contributed by atoms with Crippen LogP contribution < -0.4 is 0 Å². The van der Waals surface area contributed by atoms with E-state index >= 15 is 0 Å². The minimum atomic E-state index is -0.342. The number of thiophene rings is 1. The molecular weight excluding hydrogens is 1840 g/mol. The average molecular weight is 1930 g/mol. The molecule has 21 aromatic carbocycles. The Balaban J connectivity index is 0.000000101. The Hall–Kier alpha value is -19.5. The van der Waals surface area contributed by atoms with E-state index in [1.165, 1.54) is 59.4 Å². The van der Waals surface area contributed by atoms with E-state index in [-0.39, 0.29) is 5.41 Å². The van der Waals surface area contributed by atoms with E-state index in [2.05, 4.69) is 422 Å². The van der Waals surface area contributed by atoms with E-state index in [1.807, 2.05) is 60.7 Å². The summed E-state index contributed by atoms with van der Waals surface area (Å²) in [6.07, 6.45) is 0. The van der Waals surface area contributed by atoms with Gasteiger partial charge in [0.1, 0.15) is 50.3 Å². The first kappa shape index (κ1) is 84.0. The molecule has 11 aromatic heterocycles. The molecule has 32 aromatic rings. The molecule has 0 aliphatic heterocycles. The molecule has 13 nitrogen and oxygen atoms in total. The topological polar surface area (TPSA) is 145 Å². The van der Waals surface area contributed by atoms with Crippen LogP contribution in [0.4, 0.5) is 0 Å². The number of fused-ring (bicyclic) bond motifs is 30. The van der Waals surface area contributed by atoms with E-state index in [0.29, 0.717) is 23.4 Å². The second kappa shape index (κ2) is 32.7. The van der Waals surface area contributed by atoms with Crippen molar-refractivity contribution in [2.45, 2.75) is 19.3 Å². The number of benzene rings is 21. The molecule has 0 unspecified atom stereocenters. The number of hydrogen-bond acceptors (Lipinski definition) is 11. The van der Waals surface area contributed by atoms with Crippen molar-refractivity contribution < 1.29 is 17.7 Å². The SMILES string of the molecule is CC1(C)c2cc(-c3ccc4c(c3)oc3ccccc34)ccc2-c2nc(-n3c4ccccc4c4cc5ccccc5cc43)nc(-c3ccccc3)c21.c1ccc(-c2nc(-n3c4ccccc4c4cc5ccccc5cc43)nc3c2oc2ccc(-c4cccc5c4oc4ccccc45)cc23)cc1.c1ccc(-c2nc(-n3c4ccccc4c4cc5ccccc5cc43)nc3c2sc2cc(-c4cccc5c4oc4ccccc45)ccc23)cc1. The molecule has 0 bridgehead atoms.